The molecule has 3 rings (SSSR count). The van der Waals surface area contributed by atoms with Gasteiger partial charge in [-0.1, -0.05) is 54.6 Å². The Morgan fingerprint density at radius 1 is 0.769 bits per heavy atom. The summed E-state index contributed by atoms with van der Waals surface area (Å²) in [6.07, 6.45) is -1.32. The van der Waals surface area contributed by atoms with Gasteiger partial charge in [0, 0.05) is 5.41 Å². The van der Waals surface area contributed by atoms with Crippen molar-refractivity contribution in [1.82, 2.24) is 0 Å². The van der Waals surface area contributed by atoms with Crippen LogP contribution in [0.15, 0.2) is 78.9 Å². The van der Waals surface area contributed by atoms with Crippen molar-refractivity contribution in [2.45, 2.75) is 12.3 Å². The summed E-state index contributed by atoms with van der Waals surface area (Å²) in [6.45, 7) is 2.15. The van der Waals surface area contributed by atoms with Crippen LogP contribution in [-0.2, 0) is 5.41 Å². The second-order valence-electron chi connectivity index (χ2n) is 6.11. The summed E-state index contributed by atoms with van der Waals surface area (Å²) < 4.78 is 10.00. The van der Waals surface area contributed by atoms with Crippen molar-refractivity contribution in [2.24, 2.45) is 0 Å². The summed E-state index contributed by atoms with van der Waals surface area (Å²) >= 11 is 0. The molecule has 0 radical (unpaired) electrons. The van der Waals surface area contributed by atoms with Crippen molar-refractivity contribution in [3.63, 3.8) is 0 Å². The zero-order valence-electron chi connectivity index (χ0n) is 14.7. The van der Waals surface area contributed by atoms with Gasteiger partial charge in [-0.05, 0) is 47.9 Å². The van der Waals surface area contributed by atoms with Crippen LogP contribution in [0, 0.1) is 0 Å². The van der Waals surface area contributed by atoms with Crippen molar-refractivity contribution in [1.29, 1.82) is 0 Å². The van der Waals surface area contributed by atoms with Gasteiger partial charge in [0.15, 0.2) is 0 Å². The number of benzene rings is 3. The zero-order valence-corrected chi connectivity index (χ0v) is 14.7. The van der Waals surface area contributed by atoms with Crippen molar-refractivity contribution in [3.8, 4) is 11.5 Å². The molecule has 0 fully saturated rings. The summed E-state index contributed by atoms with van der Waals surface area (Å²) in [5.41, 5.74) is 2.87. The molecule has 1 unspecified atom stereocenters. The summed E-state index contributed by atoms with van der Waals surface area (Å²) in [5, 5.41) is 8.77. The normalized spacial score (nSPS) is 12.8. The second-order valence-corrected chi connectivity index (χ2v) is 6.11. The van der Waals surface area contributed by atoms with Gasteiger partial charge in [0.05, 0.1) is 7.11 Å². The van der Waals surface area contributed by atoms with E-state index >= 15 is 0 Å². The highest BCUT2D eigenvalue weighted by Crippen LogP contribution is 2.39. The van der Waals surface area contributed by atoms with Gasteiger partial charge < -0.3 is 14.6 Å². The minimum atomic E-state index is -1.32. The van der Waals surface area contributed by atoms with Crippen molar-refractivity contribution >= 4 is 6.16 Å². The van der Waals surface area contributed by atoms with Gasteiger partial charge in [0.25, 0.3) is 0 Å². The van der Waals surface area contributed by atoms with Crippen LogP contribution in [0.25, 0.3) is 0 Å². The quantitative estimate of drug-likeness (QED) is 0.396. The number of hydrogen-bond donors (Lipinski definition) is 1. The highest BCUT2D eigenvalue weighted by Gasteiger charge is 2.31. The first-order valence-electron chi connectivity index (χ1n) is 8.25. The summed E-state index contributed by atoms with van der Waals surface area (Å²) in [6, 6.07) is 25.3. The molecule has 0 bridgehead atoms. The number of carbonyl (C=O) groups is 1. The lowest BCUT2D eigenvalue weighted by atomic mass is 9.71. The first-order valence-corrected chi connectivity index (χ1v) is 8.25. The van der Waals surface area contributed by atoms with E-state index in [4.69, 9.17) is 14.6 Å². The molecule has 0 aromatic heterocycles. The Hall–Kier alpha value is -3.27. The third kappa shape index (κ3) is 3.40. The Balaban J connectivity index is 2.10. The molecule has 4 nitrogen and oxygen atoms in total. The molecule has 0 aliphatic carbocycles. The Labute approximate surface area is 152 Å². The van der Waals surface area contributed by atoms with E-state index in [2.05, 4.69) is 19.1 Å². The van der Waals surface area contributed by atoms with Crippen LogP contribution < -0.4 is 9.47 Å². The average Bonchev–Trinajstić information content (AvgIpc) is 2.68. The van der Waals surface area contributed by atoms with Crippen LogP contribution in [0.5, 0.6) is 11.5 Å². The molecule has 0 saturated heterocycles. The third-order valence-corrected chi connectivity index (χ3v) is 4.66. The van der Waals surface area contributed by atoms with E-state index in [-0.39, 0.29) is 0 Å². The van der Waals surface area contributed by atoms with E-state index in [1.165, 1.54) is 0 Å². The number of carboxylic acid groups (broad SMARTS) is 1. The SMILES string of the molecule is COc1ccc(C(C)(c2ccccc2)c2ccc(OC(=O)O)cc2)cc1. The first kappa shape index (κ1) is 17.5. The average molecular weight is 348 g/mol. The van der Waals surface area contributed by atoms with Gasteiger partial charge in [-0.2, -0.15) is 0 Å². The zero-order chi connectivity index (χ0) is 18.6. The Morgan fingerprint density at radius 3 is 1.69 bits per heavy atom. The second kappa shape index (κ2) is 7.31. The maximum absolute atomic E-state index is 10.7. The van der Waals surface area contributed by atoms with Crippen molar-refractivity contribution in [3.05, 3.63) is 95.6 Å². The van der Waals surface area contributed by atoms with E-state index in [0.29, 0.717) is 5.75 Å². The molecule has 1 N–H and O–H groups in total. The fourth-order valence-electron chi connectivity index (χ4n) is 3.15. The fraction of sp³-hybridized carbons (Fsp3) is 0.136. The molecule has 0 aliphatic rings. The fourth-order valence-corrected chi connectivity index (χ4v) is 3.15. The van der Waals surface area contributed by atoms with Crippen LogP contribution in [0.2, 0.25) is 0 Å². The number of ether oxygens (including phenoxy) is 2. The van der Waals surface area contributed by atoms with Gasteiger partial charge in [0.2, 0.25) is 0 Å². The van der Waals surface area contributed by atoms with E-state index in [1.807, 2.05) is 54.6 Å². The monoisotopic (exact) mass is 348 g/mol. The van der Waals surface area contributed by atoms with Crippen LogP contribution in [0.3, 0.4) is 0 Å². The van der Waals surface area contributed by atoms with Crippen LogP contribution in [0.1, 0.15) is 23.6 Å². The lowest BCUT2D eigenvalue weighted by molar-refractivity contribution is 0.144. The highest BCUT2D eigenvalue weighted by atomic mass is 16.7. The lowest BCUT2D eigenvalue weighted by Crippen LogP contribution is -2.25. The van der Waals surface area contributed by atoms with Gasteiger partial charge in [-0.25, -0.2) is 4.79 Å². The Morgan fingerprint density at radius 2 is 1.23 bits per heavy atom. The first-order chi connectivity index (χ1) is 12.5. The molecule has 0 spiro atoms. The largest absolute Gasteiger partial charge is 0.511 e. The highest BCUT2D eigenvalue weighted by molar-refractivity contribution is 5.61. The molecule has 4 heteroatoms. The minimum absolute atomic E-state index is 0.298. The molecular weight excluding hydrogens is 328 g/mol. The summed E-state index contributed by atoms with van der Waals surface area (Å²) in [7, 11) is 1.65. The summed E-state index contributed by atoms with van der Waals surface area (Å²) in [4.78, 5) is 10.7. The third-order valence-electron chi connectivity index (χ3n) is 4.66. The molecule has 0 amide bonds. The standard InChI is InChI=1S/C22H20O4/c1-22(16-6-4-3-5-7-16,17-8-12-19(25-2)13-9-17)18-10-14-20(15-11-18)26-21(23)24/h3-15H,1-2H3,(H,23,24). The number of methoxy groups -OCH3 is 1. The van der Waals surface area contributed by atoms with Gasteiger partial charge in [-0.15, -0.1) is 0 Å². The van der Waals surface area contributed by atoms with E-state index in [1.54, 1.807) is 19.2 Å². The minimum Gasteiger partial charge on any atom is -0.497 e. The molecule has 0 saturated carbocycles. The summed E-state index contributed by atoms with van der Waals surface area (Å²) in [5.74, 6) is 1.10. The maximum Gasteiger partial charge on any atom is 0.511 e. The molecule has 3 aromatic rings. The molecule has 26 heavy (non-hydrogen) atoms. The van der Waals surface area contributed by atoms with Crippen LogP contribution in [-0.4, -0.2) is 18.4 Å². The molecule has 0 aliphatic heterocycles. The molecule has 1 atom stereocenters. The predicted molar refractivity (Wildman–Crippen MR) is 100 cm³/mol. The molecular formula is C22H20O4. The Kier molecular flexibility index (Phi) is 4.94. The maximum atomic E-state index is 10.7. The van der Waals surface area contributed by atoms with E-state index < -0.39 is 11.6 Å². The van der Waals surface area contributed by atoms with Gasteiger partial charge in [0.1, 0.15) is 11.5 Å². The van der Waals surface area contributed by atoms with Crippen LogP contribution >= 0.6 is 0 Å². The topological polar surface area (TPSA) is 55.8 Å². The molecule has 0 heterocycles. The van der Waals surface area contributed by atoms with Gasteiger partial charge >= 0.3 is 6.16 Å². The van der Waals surface area contributed by atoms with Crippen molar-refractivity contribution < 1.29 is 19.4 Å². The molecule has 132 valence electrons. The smallest absolute Gasteiger partial charge is 0.497 e. The number of rotatable bonds is 5. The number of hydrogen-bond acceptors (Lipinski definition) is 3. The van der Waals surface area contributed by atoms with Crippen LogP contribution in [0.4, 0.5) is 4.79 Å². The van der Waals surface area contributed by atoms with Crippen molar-refractivity contribution in [2.75, 3.05) is 7.11 Å². The van der Waals surface area contributed by atoms with E-state index in [9.17, 15) is 4.79 Å². The lowest BCUT2D eigenvalue weighted by Gasteiger charge is -2.32. The molecule has 3 aromatic carbocycles. The predicted octanol–water partition coefficient (Wildman–Crippen LogP) is 5.11. The Bertz CT molecular complexity index is 870. The van der Waals surface area contributed by atoms with Gasteiger partial charge in [-0.3, -0.25) is 0 Å². The van der Waals surface area contributed by atoms with E-state index in [0.717, 1.165) is 22.4 Å².